The molecular weight excluding hydrogens is 156 g/mol. The number of ether oxygens (including phenoxy) is 1. The first kappa shape index (κ1) is 9.23. The highest BCUT2D eigenvalue weighted by Crippen LogP contribution is 2.27. The maximum absolute atomic E-state index is 11.0. The summed E-state index contributed by atoms with van der Waals surface area (Å²) < 4.78 is 4.65. The van der Waals surface area contributed by atoms with Gasteiger partial charge in [0.2, 0.25) is 0 Å². The van der Waals surface area contributed by atoms with Crippen molar-refractivity contribution < 1.29 is 14.3 Å². The van der Waals surface area contributed by atoms with Crippen LogP contribution >= 0.6 is 0 Å². The van der Waals surface area contributed by atoms with Crippen LogP contribution in [-0.4, -0.2) is 18.9 Å². The van der Waals surface area contributed by atoms with E-state index in [9.17, 15) is 9.59 Å². The Morgan fingerprint density at radius 1 is 1.42 bits per heavy atom. The molecule has 68 valence electrons. The van der Waals surface area contributed by atoms with Gasteiger partial charge >= 0.3 is 5.97 Å². The SMILES string of the molecule is O=CCOC(=O)CC1CCCC1. The molecule has 1 fully saturated rings. The van der Waals surface area contributed by atoms with E-state index in [1.165, 1.54) is 12.8 Å². The lowest BCUT2D eigenvalue weighted by molar-refractivity contribution is -0.146. The lowest BCUT2D eigenvalue weighted by Gasteiger charge is -2.06. The minimum Gasteiger partial charge on any atom is -0.458 e. The lowest BCUT2D eigenvalue weighted by atomic mass is 10.1. The van der Waals surface area contributed by atoms with E-state index in [0.717, 1.165) is 12.8 Å². The highest BCUT2D eigenvalue weighted by atomic mass is 16.5. The molecule has 1 saturated carbocycles. The molecule has 0 heterocycles. The largest absolute Gasteiger partial charge is 0.458 e. The predicted molar refractivity (Wildman–Crippen MR) is 43.6 cm³/mol. The van der Waals surface area contributed by atoms with E-state index in [1.807, 2.05) is 0 Å². The van der Waals surface area contributed by atoms with Gasteiger partial charge in [0.15, 0.2) is 6.29 Å². The van der Waals surface area contributed by atoms with Crippen molar-refractivity contribution in [2.75, 3.05) is 6.61 Å². The molecule has 0 radical (unpaired) electrons. The van der Waals surface area contributed by atoms with E-state index in [1.54, 1.807) is 0 Å². The van der Waals surface area contributed by atoms with Gasteiger partial charge in [-0.1, -0.05) is 12.8 Å². The van der Waals surface area contributed by atoms with Crippen molar-refractivity contribution in [3.63, 3.8) is 0 Å². The summed E-state index contributed by atoms with van der Waals surface area (Å²) in [7, 11) is 0. The number of rotatable bonds is 4. The van der Waals surface area contributed by atoms with E-state index in [0.29, 0.717) is 18.6 Å². The maximum Gasteiger partial charge on any atom is 0.306 e. The second kappa shape index (κ2) is 4.91. The van der Waals surface area contributed by atoms with Gasteiger partial charge in [0.25, 0.3) is 0 Å². The summed E-state index contributed by atoms with van der Waals surface area (Å²) >= 11 is 0. The second-order valence-corrected chi connectivity index (χ2v) is 3.20. The Kier molecular flexibility index (Phi) is 3.77. The smallest absolute Gasteiger partial charge is 0.306 e. The minimum absolute atomic E-state index is 0.0917. The fraction of sp³-hybridized carbons (Fsp3) is 0.778. The van der Waals surface area contributed by atoms with E-state index in [2.05, 4.69) is 4.74 Å². The normalized spacial score (nSPS) is 17.7. The van der Waals surface area contributed by atoms with Crippen LogP contribution < -0.4 is 0 Å². The number of aldehydes is 1. The molecule has 0 atom stereocenters. The van der Waals surface area contributed by atoms with Gasteiger partial charge in [-0.2, -0.15) is 0 Å². The Morgan fingerprint density at radius 2 is 2.08 bits per heavy atom. The first-order chi connectivity index (χ1) is 5.83. The molecule has 0 N–H and O–H groups in total. The molecule has 0 aromatic carbocycles. The average Bonchev–Trinajstić information content (AvgIpc) is 2.53. The molecule has 3 nitrogen and oxygen atoms in total. The van der Waals surface area contributed by atoms with Crippen molar-refractivity contribution >= 4 is 12.3 Å². The fourth-order valence-electron chi connectivity index (χ4n) is 1.64. The number of hydrogen-bond acceptors (Lipinski definition) is 3. The number of esters is 1. The summed E-state index contributed by atoms with van der Waals surface area (Å²) in [5.74, 6) is 0.276. The topological polar surface area (TPSA) is 43.4 Å². The third kappa shape index (κ3) is 3.03. The molecule has 1 rings (SSSR count). The van der Waals surface area contributed by atoms with Crippen molar-refractivity contribution in [3.8, 4) is 0 Å². The molecule has 0 spiro atoms. The fourth-order valence-corrected chi connectivity index (χ4v) is 1.64. The molecular formula is C9H14O3. The minimum atomic E-state index is -0.228. The number of carbonyl (C=O) groups is 2. The first-order valence-corrected chi connectivity index (χ1v) is 4.42. The highest BCUT2D eigenvalue weighted by molar-refractivity contribution is 5.71. The van der Waals surface area contributed by atoms with Gasteiger partial charge in [-0.25, -0.2) is 0 Å². The lowest BCUT2D eigenvalue weighted by Crippen LogP contribution is -2.10. The first-order valence-electron chi connectivity index (χ1n) is 4.42. The van der Waals surface area contributed by atoms with Gasteiger partial charge in [-0.3, -0.25) is 9.59 Å². The third-order valence-electron chi connectivity index (χ3n) is 2.24. The number of hydrogen-bond donors (Lipinski definition) is 0. The molecule has 0 saturated heterocycles. The summed E-state index contributed by atoms with van der Waals surface area (Å²) in [6, 6.07) is 0. The summed E-state index contributed by atoms with van der Waals surface area (Å²) in [6.07, 6.45) is 5.82. The van der Waals surface area contributed by atoms with Gasteiger partial charge in [-0.05, 0) is 18.8 Å². The van der Waals surface area contributed by atoms with E-state index in [-0.39, 0.29) is 12.6 Å². The van der Waals surface area contributed by atoms with Gasteiger partial charge in [0, 0.05) is 6.42 Å². The molecule has 0 aliphatic heterocycles. The zero-order valence-electron chi connectivity index (χ0n) is 7.12. The Morgan fingerprint density at radius 3 is 2.67 bits per heavy atom. The van der Waals surface area contributed by atoms with Crippen LogP contribution in [0.4, 0.5) is 0 Å². The van der Waals surface area contributed by atoms with Crippen LogP contribution in [0.1, 0.15) is 32.1 Å². The van der Waals surface area contributed by atoms with Gasteiger partial charge < -0.3 is 4.74 Å². The standard InChI is InChI=1S/C9H14O3/c10-5-6-12-9(11)7-8-3-1-2-4-8/h5,8H,1-4,6-7H2. The van der Waals surface area contributed by atoms with E-state index >= 15 is 0 Å². The molecule has 1 aliphatic rings. The molecule has 0 amide bonds. The predicted octanol–water partition coefficient (Wildman–Crippen LogP) is 1.31. The Hall–Kier alpha value is -0.860. The van der Waals surface area contributed by atoms with Crippen molar-refractivity contribution in [2.45, 2.75) is 32.1 Å². The van der Waals surface area contributed by atoms with Crippen LogP contribution in [0.15, 0.2) is 0 Å². The summed E-state index contributed by atoms with van der Waals surface area (Å²) in [5.41, 5.74) is 0. The van der Waals surface area contributed by atoms with Crippen LogP contribution in [-0.2, 0) is 14.3 Å². The Labute approximate surface area is 72.1 Å². The summed E-state index contributed by atoms with van der Waals surface area (Å²) in [5, 5.41) is 0. The van der Waals surface area contributed by atoms with Crippen LogP contribution in [0.5, 0.6) is 0 Å². The van der Waals surface area contributed by atoms with E-state index in [4.69, 9.17) is 0 Å². The van der Waals surface area contributed by atoms with Crippen molar-refractivity contribution in [3.05, 3.63) is 0 Å². The van der Waals surface area contributed by atoms with Crippen LogP contribution in [0.2, 0.25) is 0 Å². The molecule has 0 unspecified atom stereocenters. The summed E-state index contributed by atoms with van der Waals surface area (Å²) in [4.78, 5) is 20.8. The molecule has 0 aromatic heterocycles. The zero-order valence-corrected chi connectivity index (χ0v) is 7.12. The van der Waals surface area contributed by atoms with Gasteiger partial charge in [0.05, 0.1) is 0 Å². The molecule has 0 bridgehead atoms. The van der Waals surface area contributed by atoms with Gasteiger partial charge in [-0.15, -0.1) is 0 Å². The monoisotopic (exact) mass is 170 g/mol. The maximum atomic E-state index is 11.0. The van der Waals surface area contributed by atoms with Crippen LogP contribution in [0, 0.1) is 5.92 Å². The second-order valence-electron chi connectivity index (χ2n) is 3.20. The quantitative estimate of drug-likeness (QED) is 0.472. The Bertz CT molecular complexity index is 159. The number of carbonyl (C=O) groups excluding carboxylic acids is 2. The Balaban J connectivity index is 2.11. The summed E-state index contributed by atoms with van der Waals surface area (Å²) in [6.45, 7) is -0.0917. The third-order valence-corrected chi connectivity index (χ3v) is 2.24. The van der Waals surface area contributed by atoms with Crippen molar-refractivity contribution in [1.82, 2.24) is 0 Å². The van der Waals surface area contributed by atoms with Crippen molar-refractivity contribution in [1.29, 1.82) is 0 Å². The van der Waals surface area contributed by atoms with E-state index < -0.39 is 0 Å². The average molecular weight is 170 g/mol. The van der Waals surface area contributed by atoms with Crippen molar-refractivity contribution in [2.24, 2.45) is 5.92 Å². The molecule has 1 aliphatic carbocycles. The zero-order chi connectivity index (χ0) is 8.81. The highest BCUT2D eigenvalue weighted by Gasteiger charge is 2.18. The molecule has 3 heteroatoms. The molecule has 0 aromatic rings. The van der Waals surface area contributed by atoms with Crippen LogP contribution in [0.25, 0.3) is 0 Å². The molecule has 12 heavy (non-hydrogen) atoms. The van der Waals surface area contributed by atoms with Gasteiger partial charge in [0.1, 0.15) is 6.61 Å². The van der Waals surface area contributed by atoms with Crippen LogP contribution in [0.3, 0.4) is 0 Å².